The van der Waals surface area contributed by atoms with Crippen LogP contribution < -0.4 is 0 Å². The van der Waals surface area contributed by atoms with Gasteiger partial charge in [0.15, 0.2) is 0 Å². The number of likely N-dealkylation sites (N-methyl/N-ethyl adjacent to an activating group) is 1. The molecule has 3 heteroatoms. The number of thiocarbonyl (C=S) groups is 1. The average Bonchev–Trinajstić information content (AvgIpc) is 2.05. The second kappa shape index (κ2) is 5.42. The summed E-state index contributed by atoms with van der Waals surface area (Å²) in [4.78, 5) is 3.90. The van der Waals surface area contributed by atoms with E-state index in [4.69, 9.17) is 0 Å². The van der Waals surface area contributed by atoms with Gasteiger partial charge in [-0.05, 0) is 26.1 Å². The second-order valence-electron chi connectivity index (χ2n) is 2.95. The summed E-state index contributed by atoms with van der Waals surface area (Å²) in [5, 5.41) is 2.39. The molecule has 64 valence electrons. The highest BCUT2D eigenvalue weighted by molar-refractivity contribution is 7.78. The minimum atomic E-state index is 0.807. The van der Waals surface area contributed by atoms with Crippen LogP contribution in [0.3, 0.4) is 0 Å². The Morgan fingerprint density at radius 1 is 1.36 bits per heavy atom. The van der Waals surface area contributed by atoms with Crippen molar-refractivity contribution < 1.29 is 4.48 Å². The number of hydrogen-bond donors (Lipinski definition) is 0. The zero-order chi connectivity index (χ0) is 8.74. The lowest BCUT2D eigenvalue weighted by molar-refractivity contribution is -0.904. The summed E-state index contributed by atoms with van der Waals surface area (Å²) >= 11 is 4.49. The highest BCUT2D eigenvalue weighted by atomic mass is 32.1. The van der Waals surface area contributed by atoms with E-state index in [-0.39, 0.29) is 0 Å². The van der Waals surface area contributed by atoms with E-state index in [2.05, 4.69) is 43.3 Å². The first-order valence-electron chi connectivity index (χ1n) is 4.05. The fraction of sp³-hybridized carbons (Fsp3) is 0.875. The fourth-order valence-electron chi connectivity index (χ4n) is 0.877. The Morgan fingerprint density at radius 3 is 2.27 bits per heavy atom. The highest BCUT2D eigenvalue weighted by Crippen LogP contribution is 1.99. The zero-order valence-electron chi connectivity index (χ0n) is 7.63. The van der Waals surface area contributed by atoms with E-state index in [9.17, 15) is 0 Å². The summed E-state index contributed by atoms with van der Waals surface area (Å²) in [5.41, 5.74) is 0. The highest BCUT2D eigenvalue weighted by Gasteiger charge is 2.14. The Balaban J connectivity index is 3.77. The molecule has 0 rings (SSSR count). The molecular formula is C8H17N2S+. The monoisotopic (exact) mass is 173 g/mol. The molecule has 0 aromatic carbocycles. The first kappa shape index (κ1) is 10.8. The van der Waals surface area contributed by atoms with Crippen LogP contribution in [0.4, 0.5) is 0 Å². The van der Waals surface area contributed by atoms with Gasteiger partial charge < -0.3 is 4.48 Å². The minimum absolute atomic E-state index is 0.807. The van der Waals surface area contributed by atoms with Crippen molar-refractivity contribution in [3.05, 3.63) is 0 Å². The molecule has 0 aliphatic rings. The molecule has 0 unspecified atom stereocenters. The lowest BCUT2D eigenvalue weighted by atomic mass is 10.4. The van der Waals surface area contributed by atoms with Gasteiger partial charge in [0.25, 0.3) is 0 Å². The van der Waals surface area contributed by atoms with Gasteiger partial charge in [0.1, 0.15) is 0 Å². The van der Waals surface area contributed by atoms with Gasteiger partial charge in [0.2, 0.25) is 0 Å². The van der Waals surface area contributed by atoms with E-state index in [0.29, 0.717) is 0 Å². The van der Waals surface area contributed by atoms with Crippen LogP contribution >= 0.6 is 12.2 Å². The lowest BCUT2D eigenvalue weighted by Crippen LogP contribution is -2.45. The maximum absolute atomic E-state index is 4.49. The number of aliphatic imine (C=N–C) groups is 1. The van der Waals surface area contributed by atoms with Crippen molar-refractivity contribution in [2.45, 2.75) is 13.8 Å². The summed E-state index contributed by atoms with van der Waals surface area (Å²) in [6.07, 6.45) is 0. The van der Waals surface area contributed by atoms with E-state index in [1.807, 2.05) is 0 Å². The largest absolute Gasteiger partial charge is 0.325 e. The predicted octanol–water partition coefficient (Wildman–Crippen LogP) is 1.58. The van der Waals surface area contributed by atoms with Crippen molar-refractivity contribution >= 4 is 17.4 Å². The third-order valence-corrected chi connectivity index (χ3v) is 2.47. The molecule has 2 nitrogen and oxygen atoms in total. The van der Waals surface area contributed by atoms with Gasteiger partial charge in [-0.15, -0.1) is 0 Å². The SMILES string of the molecule is CC[N+](C)(CC)CCN=C=S. The zero-order valence-corrected chi connectivity index (χ0v) is 8.45. The normalized spacial score (nSPS) is 10.8. The number of nitrogens with zero attached hydrogens (tertiary/aromatic N) is 2. The lowest BCUT2D eigenvalue weighted by Gasteiger charge is -2.31. The van der Waals surface area contributed by atoms with Crippen molar-refractivity contribution in [1.82, 2.24) is 0 Å². The third-order valence-electron chi connectivity index (χ3n) is 2.34. The summed E-state index contributed by atoms with van der Waals surface area (Å²) < 4.78 is 1.07. The summed E-state index contributed by atoms with van der Waals surface area (Å²) in [6.45, 7) is 8.58. The maximum Gasteiger partial charge on any atom is 0.0991 e. The van der Waals surface area contributed by atoms with Gasteiger partial charge in [-0.2, -0.15) is 0 Å². The van der Waals surface area contributed by atoms with Crippen molar-refractivity contribution in [3.8, 4) is 0 Å². The van der Waals surface area contributed by atoms with Gasteiger partial charge in [0, 0.05) is 0 Å². The molecule has 0 aromatic rings. The van der Waals surface area contributed by atoms with E-state index >= 15 is 0 Å². The molecule has 0 N–H and O–H groups in total. The predicted molar refractivity (Wildman–Crippen MR) is 52.0 cm³/mol. The molecule has 0 spiro atoms. The molecule has 0 saturated carbocycles. The standard InChI is InChI=1S/C8H17N2S/c1-4-10(3,5-2)7-6-9-8-11/h4-7H2,1-3H3/q+1. The molecule has 0 heterocycles. The van der Waals surface area contributed by atoms with Crippen LogP contribution in [-0.4, -0.2) is 42.9 Å². The van der Waals surface area contributed by atoms with Crippen molar-refractivity contribution in [3.63, 3.8) is 0 Å². The molecule has 0 amide bonds. The minimum Gasteiger partial charge on any atom is -0.325 e. The van der Waals surface area contributed by atoms with E-state index in [1.165, 1.54) is 0 Å². The fourth-order valence-corrected chi connectivity index (χ4v) is 0.968. The average molecular weight is 173 g/mol. The summed E-state index contributed by atoms with van der Waals surface area (Å²) in [7, 11) is 2.24. The number of isothiocyanates is 1. The number of rotatable bonds is 5. The Hall–Kier alpha value is -0.240. The van der Waals surface area contributed by atoms with Crippen LogP contribution in [0, 0.1) is 0 Å². The van der Waals surface area contributed by atoms with Gasteiger partial charge >= 0.3 is 0 Å². The van der Waals surface area contributed by atoms with Crippen LogP contribution in [0.5, 0.6) is 0 Å². The topological polar surface area (TPSA) is 12.4 Å². The first-order valence-corrected chi connectivity index (χ1v) is 4.46. The third kappa shape index (κ3) is 4.25. The Labute approximate surface area is 74.5 Å². The Morgan fingerprint density at radius 2 is 1.91 bits per heavy atom. The molecule has 0 aromatic heterocycles. The first-order chi connectivity index (χ1) is 5.18. The Kier molecular flexibility index (Phi) is 5.30. The van der Waals surface area contributed by atoms with E-state index in [1.54, 1.807) is 0 Å². The van der Waals surface area contributed by atoms with Crippen molar-refractivity contribution in [2.75, 3.05) is 33.2 Å². The number of quaternary nitrogens is 1. The second-order valence-corrected chi connectivity index (χ2v) is 3.13. The Bertz CT molecular complexity index is 146. The number of hydrogen-bond acceptors (Lipinski definition) is 2. The quantitative estimate of drug-likeness (QED) is 0.349. The van der Waals surface area contributed by atoms with Gasteiger partial charge in [-0.3, -0.25) is 0 Å². The van der Waals surface area contributed by atoms with Crippen molar-refractivity contribution in [1.29, 1.82) is 0 Å². The molecule has 0 aliphatic carbocycles. The van der Waals surface area contributed by atoms with Crippen LogP contribution in [0.2, 0.25) is 0 Å². The molecule has 0 fully saturated rings. The van der Waals surface area contributed by atoms with Crippen LogP contribution in [0.1, 0.15) is 13.8 Å². The van der Waals surface area contributed by atoms with Gasteiger partial charge in [-0.25, -0.2) is 4.99 Å². The summed E-state index contributed by atoms with van der Waals surface area (Å²) in [5.74, 6) is 0. The van der Waals surface area contributed by atoms with E-state index in [0.717, 1.165) is 30.7 Å². The van der Waals surface area contributed by atoms with E-state index < -0.39 is 0 Å². The molecular weight excluding hydrogens is 156 g/mol. The van der Waals surface area contributed by atoms with Crippen LogP contribution in [0.15, 0.2) is 4.99 Å². The molecule has 0 aliphatic heterocycles. The van der Waals surface area contributed by atoms with Gasteiger partial charge in [0.05, 0.1) is 38.4 Å². The molecule has 0 bridgehead atoms. The molecule has 11 heavy (non-hydrogen) atoms. The summed E-state index contributed by atoms with van der Waals surface area (Å²) in [6, 6.07) is 0. The molecule has 0 saturated heterocycles. The maximum atomic E-state index is 4.49. The van der Waals surface area contributed by atoms with Crippen LogP contribution in [-0.2, 0) is 0 Å². The van der Waals surface area contributed by atoms with Crippen LogP contribution in [0.25, 0.3) is 0 Å². The smallest absolute Gasteiger partial charge is 0.0991 e. The molecule has 0 radical (unpaired) electrons. The van der Waals surface area contributed by atoms with Gasteiger partial charge in [-0.1, -0.05) is 0 Å². The molecule has 0 atom stereocenters. The van der Waals surface area contributed by atoms with Crippen molar-refractivity contribution in [2.24, 2.45) is 4.99 Å².